The van der Waals surface area contributed by atoms with E-state index >= 15 is 0 Å². The lowest BCUT2D eigenvalue weighted by Crippen LogP contribution is -2.55. The van der Waals surface area contributed by atoms with E-state index in [1.54, 1.807) is 0 Å². The third-order valence-electron chi connectivity index (χ3n) is 4.38. The minimum atomic E-state index is -0.248. The van der Waals surface area contributed by atoms with Crippen LogP contribution in [-0.2, 0) is 9.53 Å². The highest BCUT2D eigenvalue weighted by Gasteiger charge is 2.36. The number of aliphatic hydroxyl groups is 1. The zero-order valence-corrected chi connectivity index (χ0v) is 11.8. The van der Waals surface area contributed by atoms with Gasteiger partial charge in [-0.3, -0.25) is 4.79 Å². The highest BCUT2D eigenvalue weighted by Crippen LogP contribution is 2.26. The third kappa shape index (κ3) is 3.46. The quantitative estimate of drug-likeness (QED) is 0.717. The Morgan fingerprint density at radius 2 is 2.11 bits per heavy atom. The van der Waals surface area contributed by atoms with Crippen molar-refractivity contribution in [2.45, 2.75) is 57.2 Å². The Labute approximate surface area is 115 Å². The van der Waals surface area contributed by atoms with Gasteiger partial charge in [0, 0.05) is 12.6 Å². The van der Waals surface area contributed by atoms with Crippen molar-refractivity contribution >= 4 is 5.91 Å². The van der Waals surface area contributed by atoms with E-state index in [2.05, 4.69) is 0 Å². The van der Waals surface area contributed by atoms with E-state index in [1.807, 2.05) is 11.8 Å². The summed E-state index contributed by atoms with van der Waals surface area (Å²) in [6.45, 7) is 2.94. The highest BCUT2D eigenvalue weighted by atomic mass is 16.5. The summed E-state index contributed by atoms with van der Waals surface area (Å²) in [5.41, 5.74) is 6.17. The van der Waals surface area contributed by atoms with Crippen molar-refractivity contribution in [1.82, 2.24) is 4.90 Å². The number of aliphatic hydroxyl groups excluding tert-OH is 1. The van der Waals surface area contributed by atoms with Crippen LogP contribution in [0.1, 0.15) is 39.0 Å². The van der Waals surface area contributed by atoms with Gasteiger partial charge in [-0.15, -0.1) is 0 Å². The van der Waals surface area contributed by atoms with E-state index in [0.29, 0.717) is 13.2 Å². The fourth-order valence-corrected chi connectivity index (χ4v) is 3.09. The number of amides is 1. The summed E-state index contributed by atoms with van der Waals surface area (Å²) in [4.78, 5) is 14.6. The minimum absolute atomic E-state index is 0.0161. The van der Waals surface area contributed by atoms with E-state index in [-0.39, 0.29) is 36.6 Å². The van der Waals surface area contributed by atoms with Gasteiger partial charge in [-0.1, -0.05) is 19.3 Å². The third-order valence-corrected chi connectivity index (χ3v) is 4.38. The molecule has 4 atom stereocenters. The molecule has 0 aromatic rings. The molecule has 3 N–H and O–H groups in total. The van der Waals surface area contributed by atoms with E-state index in [1.165, 1.54) is 6.42 Å². The maximum atomic E-state index is 12.7. The molecule has 4 unspecified atom stereocenters. The molecule has 2 rings (SSSR count). The first kappa shape index (κ1) is 14.8. The average Bonchev–Trinajstić information content (AvgIpc) is 2.63. The van der Waals surface area contributed by atoms with Crippen molar-refractivity contribution in [3.05, 3.63) is 0 Å². The molecule has 1 aliphatic carbocycles. The molecule has 1 aliphatic heterocycles. The van der Waals surface area contributed by atoms with Crippen LogP contribution in [0.15, 0.2) is 0 Å². The molecular formula is C14H26N2O3. The molecule has 0 spiro atoms. The summed E-state index contributed by atoms with van der Waals surface area (Å²) in [6.07, 6.45) is 4.99. The Morgan fingerprint density at radius 3 is 2.84 bits per heavy atom. The van der Waals surface area contributed by atoms with Crippen LogP contribution in [0.4, 0.5) is 0 Å². The molecule has 1 saturated carbocycles. The number of carbonyl (C=O) groups is 1. The zero-order chi connectivity index (χ0) is 13.8. The van der Waals surface area contributed by atoms with Crippen LogP contribution in [0.3, 0.4) is 0 Å². The number of hydrogen-bond acceptors (Lipinski definition) is 4. The van der Waals surface area contributed by atoms with Crippen LogP contribution in [0.25, 0.3) is 0 Å². The molecule has 0 aromatic carbocycles. The molecule has 1 saturated heterocycles. The maximum Gasteiger partial charge on any atom is 0.227 e. The van der Waals surface area contributed by atoms with Gasteiger partial charge < -0.3 is 20.5 Å². The maximum absolute atomic E-state index is 12.7. The molecule has 5 heteroatoms. The van der Waals surface area contributed by atoms with E-state index in [9.17, 15) is 9.90 Å². The van der Waals surface area contributed by atoms with E-state index in [0.717, 1.165) is 25.7 Å². The van der Waals surface area contributed by atoms with Gasteiger partial charge in [-0.2, -0.15) is 0 Å². The molecule has 0 bridgehead atoms. The van der Waals surface area contributed by atoms with Crippen molar-refractivity contribution in [2.24, 2.45) is 11.7 Å². The minimum Gasteiger partial charge on any atom is -0.394 e. The summed E-state index contributed by atoms with van der Waals surface area (Å²) in [5.74, 6) is 0.103. The SMILES string of the molecule is CC1COC(CO)CN1C(=O)C1CCCCCC1N. The summed E-state index contributed by atoms with van der Waals surface area (Å²) >= 11 is 0. The summed E-state index contributed by atoms with van der Waals surface area (Å²) in [7, 11) is 0. The number of nitrogens with two attached hydrogens (primary N) is 1. The van der Waals surface area contributed by atoms with Crippen molar-refractivity contribution in [1.29, 1.82) is 0 Å². The van der Waals surface area contributed by atoms with Crippen molar-refractivity contribution in [3.8, 4) is 0 Å². The fraction of sp³-hybridized carbons (Fsp3) is 0.929. The molecule has 2 aliphatic rings. The van der Waals surface area contributed by atoms with Crippen LogP contribution >= 0.6 is 0 Å². The van der Waals surface area contributed by atoms with E-state index in [4.69, 9.17) is 10.5 Å². The fourth-order valence-electron chi connectivity index (χ4n) is 3.09. The predicted molar refractivity (Wildman–Crippen MR) is 72.6 cm³/mol. The topological polar surface area (TPSA) is 75.8 Å². The Bertz CT molecular complexity index is 311. The number of ether oxygens (including phenoxy) is 1. The lowest BCUT2D eigenvalue weighted by Gasteiger charge is -2.40. The second kappa shape index (κ2) is 6.68. The summed E-state index contributed by atoms with van der Waals surface area (Å²) < 4.78 is 5.48. The Kier molecular flexibility index (Phi) is 5.19. The van der Waals surface area contributed by atoms with Gasteiger partial charge in [0.15, 0.2) is 0 Å². The largest absolute Gasteiger partial charge is 0.394 e. The zero-order valence-electron chi connectivity index (χ0n) is 11.8. The predicted octanol–water partition coefficient (Wildman–Crippen LogP) is 0.502. The average molecular weight is 270 g/mol. The number of carbonyl (C=O) groups excluding carboxylic acids is 1. The Balaban J connectivity index is 2.03. The first-order valence-corrected chi connectivity index (χ1v) is 7.42. The van der Waals surface area contributed by atoms with Gasteiger partial charge in [0.05, 0.1) is 31.3 Å². The second-order valence-electron chi connectivity index (χ2n) is 5.89. The van der Waals surface area contributed by atoms with Gasteiger partial charge in [-0.25, -0.2) is 0 Å². The first-order chi connectivity index (χ1) is 9.13. The molecular weight excluding hydrogens is 244 g/mol. The molecule has 0 radical (unpaired) electrons. The monoisotopic (exact) mass is 270 g/mol. The molecule has 1 amide bonds. The van der Waals surface area contributed by atoms with Gasteiger partial charge in [0.1, 0.15) is 0 Å². The number of rotatable bonds is 2. The normalized spacial score (nSPS) is 36.9. The second-order valence-corrected chi connectivity index (χ2v) is 5.89. The number of hydrogen-bond donors (Lipinski definition) is 2. The van der Waals surface area contributed by atoms with Crippen LogP contribution in [-0.4, -0.2) is 53.9 Å². The number of morpholine rings is 1. The molecule has 5 nitrogen and oxygen atoms in total. The van der Waals surface area contributed by atoms with Crippen molar-refractivity contribution in [2.75, 3.05) is 19.8 Å². The van der Waals surface area contributed by atoms with Crippen LogP contribution < -0.4 is 5.73 Å². The number of nitrogens with zero attached hydrogens (tertiary/aromatic N) is 1. The Morgan fingerprint density at radius 1 is 1.37 bits per heavy atom. The van der Waals surface area contributed by atoms with Gasteiger partial charge in [-0.05, 0) is 19.8 Å². The van der Waals surface area contributed by atoms with Crippen molar-refractivity contribution < 1.29 is 14.6 Å². The van der Waals surface area contributed by atoms with Crippen LogP contribution in [0.5, 0.6) is 0 Å². The van der Waals surface area contributed by atoms with Gasteiger partial charge in [0.25, 0.3) is 0 Å². The lowest BCUT2D eigenvalue weighted by atomic mass is 9.93. The molecule has 2 fully saturated rings. The lowest BCUT2D eigenvalue weighted by molar-refractivity contribution is -0.151. The summed E-state index contributed by atoms with van der Waals surface area (Å²) in [6, 6.07) is 0.0587. The Hall–Kier alpha value is -0.650. The van der Waals surface area contributed by atoms with Gasteiger partial charge >= 0.3 is 0 Å². The van der Waals surface area contributed by atoms with Crippen LogP contribution in [0, 0.1) is 5.92 Å². The smallest absolute Gasteiger partial charge is 0.227 e. The molecule has 19 heavy (non-hydrogen) atoms. The van der Waals surface area contributed by atoms with Crippen molar-refractivity contribution in [3.63, 3.8) is 0 Å². The molecule has 110 valence electrons. The van der Waals surface area contributed by atoms with Gasteiger partial charge in [0.2, 0.25) is 5.91 Å². The molecule has 1 heterocycles. The molecule has 0 aromatic heterocycles. The standard InChI is InChI=1S/C14H26N2O3/c1-10-9-19-11(8-17)7-16(10)14(18)12-5-3-2-4-6-13(12)15/h10-13,17H,2-9,15H2,1H3. The summed E-state index contributed by atoms with van der Waals surface area (Å²) in [5, 5.41) is 9.20. The first-order valence-electron chi connectivity index (χ1n) is 7.42. The van der Waals surface area contributed by atoms with Crippen LogP contribution in [0.2, 0.25) is 0 Å². The van der Waals surface area contributed by atoms with E-state index < -0.39 is 0 Å². The highest BCUT2D eigenvalue weighted by molar-refractivity contribution is 5.80.